The van der Waals surface area contributed by atoms with Gasteiger partial charge in [-0.25, -0.2) is 9.37 Å². The molecule has 0 aliphatic rings. The molecule has 0 saturated heterocycles. The van der Waals surface area contributed by atoms with E-state index < -0.39 is 17.3 Å². The lowest BCUT2D eigenvalue weighted by molar-refractivity contribution is 0.102. The van der Waals surface area contributed by atoms with Gasteiger partial charge in [0.1, 0.15) is 11.5 Å². The quantitative estimate of drug-likeness (QED) is 0.461. The molecule has 1 heterocycles. The number of nitrogens with two attached hydrogens (primary N) is 1. The van der Waals surface area contributed by atoms with E-state index in [-0.39, 0.29) is 22.3 Å². The SMILES string of the molecule is C[C@@H](Sc1nc(N)c(NC(=O)c2ccccc2F)c(=O)[nH]1)c1ccccc1. The summed E-state index contributed by atoms with van der Waals surface area (Å²) < 4.78 is 13.7. The molecule has 0 aliphatic carbocycles. The average Bonchev–Trinajstić information content (AvgIpc) is 2.65. The van der Waals surface area contributed by atoms with E-state index in [1.165, 1.54) is 30.0 Å². The van der Waals surface area contributed by atoms with E-state index in [2.05, 4.69) is 15.3 Å². The number of nitrogen functional groups attached to an aromatic ring is 1. The Bertz CT molecular complexity index is 1020. The summed E-state index contributed by atoms with van der Waals surface area (Å²) in [5.41, 5.74) is 5.92. The fourth-order valence-corrected chi connectivity index (χ4v) is 3.36. The Labute approximate surface area is 159 Å². The van der Waals surface area contributed by atoms with E-state index in [1.54, 1.807) is 0 Å². The highest BCUT2D eigenvalue weighted by Gasteiger charge is 2.17. The van der Waals surface area contributed by atoms with Crippen molar-refractivity contribution in [1.82, 2.24) is 9.97 Å². The molecule has 1 amide bonds. The summed E-state index contributed by atoms with van der Waals surface area (Å²) in [5.74, 6) is -1.60. The number of halogens is 1. The van der Waals surface area contributed by atoms with Gasteiger partial charge < -0.3 is 11.1 Å². The van der Waals surface area contributed by atoms with Gasteiger partial charge in [-0.1, -0.05) is 54.2 Å². The standard InChI is InChI=1S/C19H17FN4O2S/c1-11(12-7-3-2-4-8-12)27-19-23-16(21)15(18(26)24-19)22-17(25)13-9-5-6-10-14(13)20/h2-11H,1H3,(H,22,25)(H3,21,23,24,26)/t11-/m1/s1. The van der Waals surface area contributed by atoms with E-state index in [4.69, 9.17) is 5.73 Å². The number of rotatable bonds is 5. The molecule has 3 rings (SSSR count). The summed E-state index contributed by atoms with van der Waals surface area (Å²) in [6.45, 7) is 1.98. The minimum absolute atomic E-state index is 0.0348. The highest BCUT2D eigenvalue weighted by atomic mass is 32.2. The summed E-state index contributed by atoms with van der Waals surface area (Å²) in [7, 11) is 0. The van der Waals surface area contributed by atoms with Crippen molar-refractivity contribution in [2.45, 2.75) is 17.3 Å². The van der Waals surface area contributed by atoms with Gasteiger partial charge in [0.05, 0.1) is 5.56 Å². The maximum absolute atomic E-state index is 13.7. The van der Waals surface area contributed by atoms with Crippen LogP contribution in [0.3, 0.4) is 0 Å². The van der Waals surface area contributed by atoms with Gasteiger partial charge in [-0.2, -0.15) is 0 Å². The van der Waals surface area contributed by atoms with Crippen molar-refractivity contribution in [3.8, 4) is 0 Å². The molecule has 4 N–H and O–H groups in total. The Kier molecular flexibility index (Phi) is 5.56. The van der Waals surface area contributed by atoms with Crippen LogP contribution >= 0.6 is 11.8 Å². The molecule has 0 saturated carbocycles. The van der Waals surface area contributed by atoms with Gasteiger partial charge in [0.25, 0.3) is 11.5 Å². The molecule has 0 radical (unpaired) electrons. The molecule has 0 fully saturated rings. The molecule has 8 heteroatoms. The van der Waals surface area contributed by atoms with E-state index in [0.29, 0.717) is 5.16 Å². The van der Waals surface area contributed by atoms with E-state index in [9.17, 15) is 14.0 Å². The number of hydrogen-bond acceptors (Lipinski definition) is 5. The molecule has 0 spiro atoms. The Balaban J connectivity index is 1.80. The van der Waals surface area contributed by atoms with Gasteiger partial charge in [-0.15, -0.1) is 0 Å². The van der Waals surface area contributed by atoms with Crippen molar-refractivity contribution >= 4 is 29.2 Å². The van der Waals surface area contributed by atoms with Crippen molar-refractivity contribution in [1.29, 1.82) is 0 Å². The first-order chi connectivity index (χ1) is 13.0. The fraction of sp³-hybridized carbons (Fsp3) is 0.105. The zero-order valence-electron chi connectivity index (χ0n) is 14.4. The number of aromatic amines is 1. The molecule has 6 nitrogen and oxygen atoms in total. The zero-order chi connectivity index (χ0) is 19.4. The molecule has 0 aliphatic heterocycles. The molecule has 2 aromatic carbocycles. The van der Waals surface area contributed by atoms with Crippen LogP contribution in [-0.4, -0.2) is 15.9 Å². The zero-order valence-corrected chi connectivity index (χ0v) is 15.2. The van der Waals surface area contributed by atoms with Crippen LogP contribution in [0.5, 0.6) is 0 Å². The number of benzene rings is 2. The maximum Gasteiger partial charge on any atom is 0.277 e. The van der Waals surface area contributed by atoms with Crippen LogP contribution in [0.4, 0.5) is 15.9 Å². The second kappa shape index (κ2) is 8.05. The Morgan fingerprint density at radius 2 is 1.85 bits per heavy atom. The average molecular weight is 384 g/mol. The van der Waals surface area contributed by atoms with Crippen LogP contribution < -0.4 is 16.6 Å². The number of H-pyrrole nitrogens is 1. The van der Waals surface area contributed by atoms with Gasteiger partial charge in [-0.3, -0.25) is 14.6 Å². The van der Waals surface area contributed by atoms with Crippen molar-refractivity contribution in [2.75, 3.05) is 11.1 Å². The predicted molar refractivity (Wildman–Crippen MR) is 104 cm³/mol. The van der Waals surface area contributed by atoms with E-state index in [1.807, 2.05) is 37.3 Å². The highest BCUT2D eigenvalue weighted by molar-refractivity contribution is 7.99. The molecule has 1 atom stereocenters. The van der Waals surface area contributed by atoms with Crippen LogP contribution in [-0.2, 0) is 0 Å². The molecule has 0 unspecified atom stereocenters. The topological polar surface area (TPSA) is 101 Å². The predicted octanol–water partition coefficient (Wildman–Crippen LogP) is 3.60. The van der Waals surface area contributed by atoms with Gasteiger partial charge in [0, 0.05) is 5.25 Å². The van der Waals surface area contributed by atoms with Gasteiger partial charge in [-0.05, 0) is 24.6 Å². The fourth-order valence-electron chi connectivity index (χ4n) is 2.43. The normalized spacial score (nSPS) is 11.8. The van der Waals surface area contributed by atoms with Crippen LogP contribution in [0.15, 0.2) is 64.5 Å². The van der Waals surface area contributed by atoms with Gasteiger partial charge >= 0.3 is 0 Å². The van der Waals surface area contributed by atoms with Crippen molar-refractivity contribution in [2.24, 2.45) is 0 Å². The third kappa shape index (κ3) is 4.35. The number of carbonyl (C=O) groups excluding carboxylic acids is 1. The largest absolute Gasteiger partial charge is 0.382 e. The molecule has 138 valence electrons. The summed E-state index contributed by atoms with van der Waals surface area (Å²) >= 11 is 1.33. The lowest BCUT2D eigenvalue weighted by Crippen LogP contribution is -2.23. The van der Waals surface area contributed by atoms with Crippen LogP contribution in [0.25, 0.3) is 0 Å². The first-order valence-corrected chi connectivity index (χ1v) is 9.01. The number of nitrogens with zero attached hydrogens (tertiary/aromatic N) is 1. The van der Waals surface area contributed by atoms with E-state index in [0.717, 1.165) is 11.6 Å². The maximum atomic E-state index is 13.7. The molecular weight excluding hydrogens is 367 g/mol. The first kappa shape index (κ1) is 18.7. The summed E-state index contributed by atoms with van der Waals surface area (Å²) in [4.78, 5) is 31.3. The third-order valence-corrected chi connectivity index (χ3v) is 4.88. The lowest BCUT2D eigenvalue weighted by Gasteiger charge is -2.12. The summed E-state index contributed by atoms with van der Waals surface area (Å²) in [6.07, 6.45) is 0. The molecule has 0 bridgehead atoms. The van der Waals surface area contributed by atoms with Crippen LogP contribution in [0.1, 0.15) is 28.1 Å². The molecule has 3 aromatic rings. The van der Waals surface area contributed by atoms with Crippen molar-refractivity contribution < 1.29 is 9.18 Å². The second-order valence-corrected chi connectivity index (χ2v) is 7.07. The van der Waals surface area contributed by atoms with Crippen LogP contribution in [0, 0.1) is 5.82 Å². The number of thioether (sulfide) groups is 1. The summed E-state index contributed by atoms with van der Waals surface area (Å²) in [6, 6.07) is 15.2. The molecular formula is C19H17FN4O2S. The number of amides is 1. The second-order valence-electron chi connectivity index (χ2n) is 5.74. The number of carbonyl (C=O) groups is 1. The Hall–Kier alpha value is -3.13. The molecule has 27 heavy (non-hydrogen) atoms. The van der Waals surface area contributed by atoms with Gasteiger partial charge in [0.2, 0.25) is 0 Å². The molecule has 1 aromatic heterocycles. The number of hydrogen-bond donors (Lipinski definition) is 3. The number of nitrogens with one attached hydrogen (secondary N) is 2. The van der Waals surface area contributed by atoms with E-state index >= 15 is 0 Å². The minimum Gasteiger partial charge on any atom is -0.382 e. The Morgan fingerprint density at radius 1 is 1.19 bits per heavy atom. The third-order valence-electron chi connectivity index (χ3n) is 3.84. The van der Waals surface area contributed by atoms with Gasteiger partial charge in [0.15, 0.2) is 11.0 Å². The van der Waals surface area contributed by atoms with Crippen LogP contribution in [0.2, 0.25) is 0 Å². The number of aromatic nitrogens is 2. The monoisotopic (exact) mass is 384 g/mol. The van der Waals surface area contributed by atoms with Crippen molar-refractivity contribution in [3.63, 3.8) is 0 Å². The summed E-state index contributed by atoms with van der Waals surface area (Å²) in [5, 5.41) is 2.69. The smallest absolute Gasteiger partial charge is 0.277 e. The Morgan fingerprint density at radius 3 is 2.52 bits per heavy atom. The highest BCUT2D eigenvalue weighted by Crippen LogP contribution is 2.32. The number of anilines is 2. The minimum atomic E-state index is -0.773. The first-order valence-electron chi connectivity index (χ1n) is 8.13. The lowest BCUT2D eigenvalue weighted by atomic mass is 10.2. The van der Waals surface area contributed by atoms with Crippen molar-refractivity contribution in [3.05, 3.63) is 81.9 Å².